The topological polar surface area (TPSA) is 77.5 Å². The normalized spacial score (nSPS) is 15.9. The van der Waals surface area contributed by atoms with Gasteiger partial charge >= 0.3 is 5.97 Å². The SMILES string of the molecule is CCOc1ccc(C(c2cc(OC)c(OC)c(OC)c2)N2CCC(C(=O)O)CC2)cc1. The van der Waals surface area contributed by atoms with Crippen LogP contribution in [0.15, 0.2) is 36.4 Å². The molecule has 7 heteroatoms. The molecule has 1 aliphatic heterocycles. The first kappa shape index (κ1) is 22.7. The molecule has 2 aromatic carbocycles. The molecule has 0 bridgehead atoms. The number of carboxylic acids is 1. The number of piperidine rings is 1. The number of methoxy groups -OCH3 is 3. The van der Waals surface area contributed by atoms with E-state index in [0.717, 1.165) is 16.9 Å². The highest BCUT2D eigenvalue weighted by Crippen LogP contribution is 2.43. The van der Waals surface area contributed by atoms with Gasteiger partial charge < -0.3 is 24.1 Å². The molecule has 0 saturated carbocycles. The molecule has 1 fully saturated rings. The van der Waals surface area contributed by atoms with E-state index in [4.69, 9.17) is 18.9 Å². The Hall–Kier alpha value is -2.93. The smallest absolute Gasteiger partial charge is 0.306 e. The average Bonchev–Trinajstić information content (AvgIpc) is 2.80. The molecule has 1 aliphatic rings. The molecule has 2 aromatic rings. The third kappa shape index (κ3) is 5.05. The number of hydrogen-bond donors (Lipinski definition) is 1. The molecule has 1 atom stereocenters. The molecule has 1 unspecified atom stereocenters. The summed E-state index contributed by atoms with van der Waals surface area (Å²) in [6.07, 6.45) is 1.24. The predicted octanol–water partition coefficient (Wildman–Crippen LogP) is 4.00. The van der Waals surface area contributed by atoms with E-state index in [-0.39, 0.29) is 12.0 Å². The Kier molecular flexibility index (Phi) is 7.63. The summed E-state index contributed by atoms with van der Waals surface area (Å²) in [4.78, 5) is 13.7. The van der Waals surface area contributed by atoms with Gasteiger partial charge in [-0.15, -0.1) is 0 Å². The molecule has 3 rings (SSSR count). The van der Waals surface area contributed by atoms with Gasteiger partial charge in [0, 0.05) is 0 Å². The van der Waals surface area contributed by atoms with Gasteiger partial charge in [0.25, 0.3) is 0 Å². The van der Waals surface area contributed by atoms with Crippen LogP contribution in [0.25, 0.3) is 0 Å². The van der Waals surface area contributed by atoms with E-state index in [1.807, 2.05) is 31.2 Å². The lowest BCUT2D eigenvalue weighted by molar-refractivity contribution is -0.143. The highest BCUT2D eigenvalue weighted by molar-refractivity contribution is 5.70. The standard InChI is InChI=1S/C24H31NO6/c1-5-31-19-8-6-16(7-9-19)22(25-12-10-17(11-13-25)24(26)27)18-14-20(28-2)23(30-4)21(15-18)29-3/h6-9,14-15,17,22H,5,10-13H2,1-4H3,(H,26,27). The molecular formula is C24H31NO6. The van der Waals surface area contributed by atoms with Crippen molar-refractivity contribution < 1.29 is 28.8 Å². The number of ether oxygens (including phenoxy) is 4. The second-order valence-corrected chi connectivity index (χ2v) is 7.51. The van der Waals surface area contributed by atoms with Crippen molar-refractivity contribution in [3.63, 3.8) is 0 Å². The van der Waals surface area contributed by atoms with Crippen LogP contribution in [-0.2, 0) is 4.79 Å². The quantitative estimate of drug-likeness (QED) is 0.646. The van der Waals surface area contributed by atoms with Gasteiger partial charge in [-0.05, 0) is 68.2 Å². The van der Waals surface area contributed by atoms with Crippen LogP contribution in [0.3, 0.4) is 0 Å². The van der Waals surface area contributed by atoms with Gasteiger partial charge in [0.15, 0.2) is 11.5 Å². The summed E-state index contributed by atoms with van der Waals surface area (Å²) in [6, 6.07) is 11.9. The molecule has 7 nitrogen and oxygen atoms in total. The molecule has 0 aromatic heterocycles. The molecule has 0 aliphatic carbocycles. The fraction of sp³-hybridized carbons (Fsp3) is 0.458. The second kappa shape index (κ2) is 10.4. The fourth-order valence-electron chi connectivity index (χ4n) is 4.19. The zero-order valence-corrected chi connectivity index (χ0v) is 18.6. The molecular weight excluding hydrogens is 398 g/mol. The predicted molar refractivity (Wildman–Crippen MR) is 117 cm³/mol. The largest absolute Gasteiger partial charge is 0.494 e. The molecule has 1 saturated heterocycles. The summed E-state index contributed by atoms with van der Waals surface area (Å²) in [5, 5.41) is 9.39. The van der Waals surface area contributed by atoms with Gasteiger partial charge in [-0.2, -0.15) is 0 Å². The number of aliphatic carboxylic acids is 1. The number of carboxylic acid groups (broad SMARTS) is 1. The molecule has 0 spiro atoms. The Morgan fingerprint density at radius 2 is 1.58 bits per heavy atom. The highest BCUT2D eigenvalue weighted by Gasteiger charge is 2.31. The molecule has 1 heterocycles. The molecule has 0 amide bonds. The maximum absolute atomic E-state index is 11.4. The van der Waals surface area contributed by atoms with Crippen molar-refractivity contribution >= 4 is 5.97 Å². The van der Waals surface area contributed by atoms with Crippen molar-refractivity contribution in [2.24, 2.45) is 5.92 Å². The van der Waals surface area contributed by atoms with Crippen molar-refractivity contribution in [2.45, 2.75) is 25.8 Å². The average molecular weight is 430 g/mol. The van der Waals surface area contributed by atoms with Gasteiger partial charge in [-0.1, -0.05) is 12.1 Å². The summed E-state index contributed by atoms with van der Waals surface area (Å²) >= 11 is 0. The first-order valence-electron chi connectivity index (χ1n) is 10.5. The van der Waals surface area contributed by atoms with Crippen molar-refractivity contribution in [3.05, 3.63) is 47.5 Å². The zero-order chi connectivity index (χ0) is 22.4. The van der Waals surface area contributed by atoms with E-state index in [9.17, 15) is 9.90 Å². The van der Waals surface area contributed by atoms with Crippen LogP contribution in [0, 0.1) is 5.92 Å². The molecule has 168 valence electrons. The summed E-state index contributed by atoms with van der Waals surface area (Å²) in [6.45, 7) is 3.94. The Morgan fingerprint density at radius 1 is 1.00 bits per heavy atom. The summed E-state index contributed by atoms with van der Waals surface area (Å²) in [7, 11) is 4.79. The Balaban J connectivity index is 2.03. The third-order valence-electron chi connectivity index (χ3n) is 5.75. The minimum atomic E-state index is -0.718. The van der Waals surface area contributed by atoms with E-state index < -0.39 is 5.97 Å². The van der Waals surface area contributed by atoms with Gasteiger partial charge in [0.2, 0.25) is 5.75 Å². The van der Waals surface area contributed by atoms with E-state index >= 15 is 0 Å². The first-order valence-corrected chi connectivity index (χ1v) is 10.5. The van der Waals surface area contributed by atoms with Crippen molar-refractivity contribution in [1.29, 1.82) is 0 Å². The third-order valence-corrected chi connectivity index (χ3v) is 5.75. The van der Waals surface area contributed by atoms with Gasteiger partial charge in [0.05, 0.1) is 39.9 Å². The van der Waals surface area contributed by atoms with Crippen LogP contribution in [0.2, 0.25) is 0 Å². The van der Waals surface area contributed by atoms with Crippen LogP contribution >= 0.6 is 0 Å². The number of carbonyl (C=O) groups is 1. The maximum atomic E-state index is 11.4. The van der Waals surface area contributed by atoms with Crippen LogP contribution < -0.4 is 18.9 Å². The maximum Gasteiger partial charge on any atom is 0.306 e. The molecule has 0 radical (unpaired) electrons. The zero-order valence-electron chi connectivity index (χ0n) is 18.6. The van der Waals surface area contributed by atoms with Crippen LogP contribution in [0.5, 0.6) is 23.0 Å². The van der Waals surface area contributed by atoms with Crippen molar-refractivity contribution in [3.8, 4) is 23.0 Å². The number of rotatable bonds is 9. The lowest BCUT2D eigenvalue weighted by Gasteiger charge is -2.37. The van der Waals surface area contributed by atoms with Gasteiger partial charge in [-0.3, -0.25) is 9.69 Å². The van der Waals surface area contributed by atoms with Crippen molar-refractivity contribution in [2.75, 3.05) is 41.0 Å². The van der Waals surface area contributed by atoms with E-state index in [2.05, 4.69) is 17.0 Å². The Bertz CT molecular complexity index is 849. The second-order valence-electron chi connectivity index (χ2n) is 7.51. The van der Waals surface area contributed by atoms with Crippen LogP contribution in [0.4, 0.5) is 0 Å². The van der Waals surface area contributed by atoms with E-state index in [0.29, 0.717) is 49.8 Å². The summed E-state index contributed by atoms with van der Waals surface area (Å²) in [5.41, 5.74) is 2.08. The fourth-order valence-corrected chi connectivity index (χ4v) is 4.19. The van der Waals surface area contributed by atoms with Gasteiger partial charge in [0.1, 0.15) is 5.75 Å². The molecule has 31 heavy (non-hydrogen) atoms. The van der Waals surface area contributed by atoms with Gasteiger partial charge in [-0.25, -0.2) is 0 Å². The van der Waals surface area contributed by atoms with Crippen LogP contribution in [0.1, 0.15) is 36.9 Å². The van der Waals surface area contributed by atoms with E-state index in [1.54, 1.807) is 21.3 Å². The number of nitrogens with zero attached hydrogens (tertiary/aromatic N) is 1. The number of benzene rings is 2. The monoisotopic (exact) mass is 429 g/mol. The lowest BCUT2D eigenvalue weighted by atomic mass is 9.91. The van der Waals surface area contributed by atoms with Crippen LogP contribution in [-0.4, -0.2) is 57.0 Å². The lowest BCUT2D eigenvalue weighted by Crippen LogP contribution is -2.39. The number of hydrogen-bond acceptors (Lipinski definition) is 6. The molecule has 1 N–H and O–H groups in total. The summed E-state index contributed by atoms with van der Waals surface area (Å²) in [5.74, 6) is 1.53. The van der Waals surface area contributed by atoms with E-state index in [1.165, 1.54) is 0 Å². The first-order chi connectivity index (χ1) is 15.0. The summed E-state index contributed by atoms with van der Waals surface area (Å²) < 4.78 is 22.2. The minimum absolute atomic E-state index is 0.0841. The highest BCUT2D eigenvalue weighted by atomic mass is 16.5. The minimum Gasteiger partial charge on any atom is -0.494 e. The van der Waals surface area contributed by atoms with Crippen molar-refractivity contribution in [1.82, 2.24) is 4.90 Å². The Labute approximate surface area is 183 Å². The Morgan fingerprint density at radius 3 is 2.03 bits per heavy atom. The number of likely N-dealkylation sites (tertiary alicyclic amines) is 1.